The van der Waals surface area contributed by atoms with Crippen LogP contribution < -0.4 is 5.32 Å². The van der Waals surface area contributed by atoms with Gasteiger partial charge in [-0.3, -0.25) is 0 Å². The fourth-order valence-electron chi connectivity index (χ4n) is 4.12. The van der Waals surface area contributed by atoms with Crippen LogP contribution in [0.4, 0.5) is 14.9 Å². The summed E-state index contributed by atoms with van der Waals surface area (Å²) in [6, 6.07) is 3.32. The average molecular weight is 355 g/mol. The molecule has 1 aromatic heterocycles. The van der Waals surface area contributed by atoms with E-state index in [1.54, 1.807) is 26.1 Å². The zero-order chi connectivity index (χ0) is 18.4. The maximum Gasteiger partial charge on any atom is 0.322 e. The van der Waals surface area contributed by atoms with Crippen molar-refractivity contribution in [1.82, 2.24) is 20.1 Å². The molecule has 4 rings (SSSR count). The minimum absolute atomic E-state index is 0.151. The SMILES string of the molecule is Cc1cnc(-c2cc(NC(=O)N3[C@@H]4CC(C)C[C@H]3C4)c(F)cc2C)nn1. The number of carbonyl (C=O) groups is 1. The summed E-state index contributed by atoms with van der Waals surface area (Å²) >= 11 is 0. The molecular formula is C19H22FN5O. The Morgan fingerprint density at radius 2 is 1.92 bits per heavy atom. The van der Waals surface area contributed by atoms with Crippen molar-refractivity contribution < 1.29 is 9.18 Å². The maximum absolute atomic E-state index is 14.4. The molecule has 0 spiro atoms. The molecule has 26 heavy (non-hydrogen) atoms. The molecule has 1 N–H and O–H groups in total. The van der Waals surface area contributed by atoms with Gasteiger partial charge in [-0.2, -0.15) is 5.10 Å². The Hall–Kier alpha value is -2.57. The molecule has 0 aliphatic carbocycles. The molecular weight excluding hydrogens is 333 g/mol. The van der Waals surface area contributed by atoms with Crippen LogP contribution in [0.5, 0.6) is 0 Å². The summed E-state index contributed by atoms with van der Waals surface area (Å²) < 4.78 is 14.4. The van der Waals surface area contributed by atoms with Gasteiger partial charge in [-0.25, -0.2) is 14.2 Å². The Kier molecular flexibility index (Phi) is 4.09. The van der Waals surface area contributed by atoms with Crippen molar-refractivity contribution in [3.8, 4) is 11.4 Å². The molecule has 2 saturated heterocycles. The number of hydrogen-bond acceptors (Lipinski definition) is 4. The number of carbonyl (C=O) groups excluding carboxylic acids is 1. The third kappa shape index (κ3) is 2.91. The molecule has 1 unspecified atom stereocenters. The number of anilines is 1. The second kappa shape index (κ2) is 6.30. The van der Waals surface area contributed by atoms with E-state index in [1.807, 2.05) is 4.90 Å². The normalized spacial score (nSPS) is 24.2. The molecule has 2 bridgehead atoms. The molecule has 2 fully saturated rings. The highest BCUT2D eigenvalue weighted by Gasteiger charge is 2.46. The van der Waals surface area contributed by atoms with E-state index in [0.29, 0.717) is 28.6 Å². The number of halogens is 1. The van der Waals surface area contributed by atoms with E-state index >= 15 is 0 Å². The summed E-state index contributed by atoms with van der Waals surface area (Å²) in [5, 5.41) is 10.8. The molecule has 2 aliphatic heterocycles. The van der Waals surface area contributed by atoms with Gasteiger partial charge in [-0.15, -0.1) is 5.10 Å². The summed E-state index contributed by atoms with van der Waals surface area (Å²) in [4.78, 5) is 18.8. The van der Waals surface area contributed by atoms with E-state index in [2.05, 4.69) is 27.4 Å². The van der Waals surface area contributed by atoms with Crippen LogP contribution in [0.3, 0.4) is 0 Å². The molecule has 2 aromatic rings. The Morgan fingerprint density at radius 3 is 2.58 bits per heavy atom. The highest BCUT2D eigenvalue weighted by atomic mass is 19.1. The van der Waals surface area contributed by atoms with Crippen LogP contribution in [0.1, 0.15) is 37.4 Å². The first-order chi connectivity index (χ1) is 12.4. The lowest BCUT2D eigenvalue weighted by molar-refractivity contribution is -0.00603. The van der Waals surface area contributed by atoms with Crippen LogP contribution in [0, 0.1) is 25.6 Å². The molecule has 7 heteroatoms. The van der Waals surface area contributed by atoms with E-state index in [0.717, 1.165) is 19.3 Å². The lowest BCUT2D eigenvalue weighted by atomic mass is 9.74. The number of nitrogens with zero attached hydrogens (tertiary/aromatic N) is 4. The molecule has 0 radical (unpaired) electrons. The number of benzene rings is 1. The van der Waals surface area contributed by atoms with Crippen LogP contribution >= 0.6 is 0 Å². The van der Waals surface area contributed by atoms with Crippen molar-refractivity contribution in [2.75, 3.05) is 5.32 Å². The fourth-order valence-corrected chi connectivity index (χ4v) is 4.12. The number of hydrogen-bond donors (Lipinski definition) is 1. The lowest BCUT2D eigenvalue weighted by Gasteiger charge is -2.54. The third-order valence-electron chi connectivity index (χ3n) is 5.39. The molecule has 1 aromatic carbocycles. The van der Waals surface area contributed by atoms with Crippen LogP contribution in [0.2, 0.25) is 0 Å². The molecule has 2 amide bonds. The zero-order valence-corrected chi connectivity index (χ0v) is 15.2. The maximum atomic E-state index is 14.4. The molecule has 2 aliphatic rings. The van der Waals surface area contributed by atoms with Gasteiger partial charge in [0.15, 0.2) is 5.82 Å². The van der Waals surface area contributed by atoms with Gasteiger partial charge in [0.1, 0.15) is 5.82 Å². The number of fused-ring (bicyclic) bond motifs is 2. The summed E-state index contributed by atoms with van der Waals surface area (Å²) in [5.74, 6) is 0.605. The molecule has 3 atom stereocenters. The summed E-state index contributed by atoms with van der Waals surface area (Å²) in [5.41, 5.74) is 2.21. The summed E-state index contributed by atoms with van der Waals surface area (Å²) in [6.45, 7) is 5.81. The van der Waals surface area contributed by atoms with E-state index in [4.69, 9.17) is 0 Å². The van der Waals surface area contributed by atoms with Crippen molar-refractivity contribution in [3.63, 3.8) is 0 Å². The van der Waals surface area contributed by atoms with E-state index in [-0.39, 0.29) is 23.8 Å². The van der Waals surface area contributed by atoms with E-state index in [1.165, 1.54) is 6.07 Å². The second-order valence-corrected chi connectivity index (χ2v) is 7.53. The van der Waals surface area contributed by atoms with Crippen LogP contribution in [-0.2, 0) is 0 Å². The van der Waals surface area contributed by atoms with Crippen molar-refractivity contribution in [1.29, 1.82) is 0 Å². The Bertz CT molecular complexity index is 842. The Labute approximate surface area is 151 Å². The Morgan fingerprint density at radius 1 is 1.19 bits per heavy atom. The van der Waals surface area contributed by atoms with Gasteiger partial charge in [0, 0.05) is 17.6 Å². The largest absolute Gasteiger partial charge is 0.322 e. The highest BCUT2D eigenvalue weighted by Crippen LogP contribution is 2.41. The minimum Gasteiger partial charge on any atom is -0.318 e. The first-order valence-electron chi connectivity index (χ1n) is 8.98. The number of amides is 2. The van der Waals surface area contributed by atoms with Gasteiger partial charge < -0.3 is 10.2 Å². The molecule has 6 nitrogen and oxygen atoms in total. The van der Waals surface area contributed by atoms with Gasteiger partial charge in [0.05, 0.1) is 17.6 Å². The van der Waals surface area contributed by atoms with Crippen molar-refractivity contribution in [3.05, 3.63) is 35.4 Å². The number of aryl methyl sites for hydroxylation is 2. The van der Waals surface area contributed by atoms with E-state index in [9.17, 15) is 9.18 Å². The summed E-state index contributed by atoms with van der Waals surface area (Å²) in [7, 11) is 0. The number of rotatable bonds is 2. The Balaban J connectivity index is 1.58. The van der Waals surface area contributed by atoms with Crippen molar-refractivity contribution in [2.45, 2.75) is 52.1 Å². The smallest absolute Gasteiger partial charge is 0.318 e. The number of nitrogens with one attached hydrogen (secondary N) is 1. The van der Waals surface area contributed by atoms with Crippen LogP contribution in [-0.4, -0.2) is 38.2 Å². The molecule has 136 valence electrons. The van der Waals surface area contributed by atoms with Gasteiger partial charge in [-0.05, 0) is 56.7 Å². The van der Waals surface area contributed by atoms with Gasteiger partial charge in [0.2, 0.25) is 0 Å². The van der Waals surface area contributed by atoms with E-state index < -0.39 is 5.82 Å². The lowest BCUT2D eigenvalue weighted by Crippen LogP contribution is -2.63. The summed E-state index contributed by atoms with van der Waals surface area (Å²) in [6.07, 6.45) is 4.72. The minimum atomic E-state index is -0.460. The third-order valence-corrected chi connectivity index (χ3v) is 5.39. The van der Waals surface area contributed by atoms with Gasteiger partial charge in [0.25, 0.3) is 0 Å². The van der Waals surface area contributed by atoms with Crippen LogP contribution in [0.15, 0.2) is 18.3 Å². The monoisotopic (exact) mass is 355 g/mol. The van der Waals surface area contributed by atoms with Crippen molar-refractivity contribution >= 4 is 11.7 Å². The first-order valence-corrected chi connectivity index (χ1v) is 8.98. The highest BCUT2D eigenvalue weighted by molar-refractivity contribution is 5.91. The quantitative estimate of drug-likeness (QED) is 0.892. The van der Waals surface area contributed by atoms with Crippen molar-refractivity contribution in [2.24, 2.45) is 5.92 Å². The molecule has 3 heterocycles. The van der Waals surface area contributed by atoms with Crippen LogP contribution in [0.25, 0.3) is 11.4 Å². The number of piperidine rings is 1. The van der Waals surface area contributed by atoms with Gasteiger partial charge in [-0.1, -0.05) is 6.92 Å². The first kappa shape index (κ1) is 16.9. The predicted octanol–water partition coefficient (Wildman–Crippen LogP) is 3.70. The second-order valence-electron chi connectivity index (χ2n) is 7.53. The number of aromatic nitrogens is 3. The van der Waals surface area contributed by atoms with Gasteiger partial charge >= 0.3 is 6.03 Å². The fraction of sp³-hybridized carbons (Fsp3) is 0.474. The topological polar surface area (TPSA) is 71.0 Å². The standard InChI is InChI=1S/C19H22FN5O/c1-10-4-13-7-14(5-10)25(13)19(26)22-17-8-15(11(2)6-16(17)20)18-21-9-12(3)23-24-18/h6,8-10,13-14H,4-5,7H2,1-3H3,(H,22,26)/t10?,13-,14+. The predicted molar refractivity (Wildman–Crippen MR) is 96.1 cm³/mol. The zero-order valence-electron chi connectivity index (χ0n) is 15.2. The average Bonchev–Trinajstić information content (AvgIpc) is 2.58. The number of urea groups is 1. The molecule has 0 saturated carbocycles.